The first kappa shape index (κ1) is 12.8. The van der Waals surface area contributed by atoms with Crippen LogP contribution in [0.1, 0.15) is 25.0 Å². The summed E-state index contributed by atoms with van der Waals surface area (Å²) in [7, 11) is 3.96. The van der Waals surface area contributed by atoms with Gasteiger partial charge in [-0.2, -0.15) is 0 Å². The molecule has 0 spiro atoms. The second-order valence-corrected chi connectivity index (χ2v) is 4.54. The Kier molecular flexibility index (Phi) is 4.11. The standard InChI is InChI=1S/C14H22N2/c1-10(2)14(15-5)16(6)13-11(3)8-7-9-12(13)4/h7-10H,1-6H3. The third-order valence-corrected chi connectivity index (χ3v) is 2.86. The molecule has 2 heteroatoms. The van der Waals surface area contributed by atoms with Crippen molar-refractivity contribution < 1.29 is 0 Å². The molecular formula is C14H22N2. The lowest BCUT2D eigenvalue weighted by molar-refractivity contribution is 0.853. The van der Waals surface area contributed by atoms with Crippen LogP contribution in [0.15, 0.2) is 23.2 Å². The summed E-state index contributed by atoms with van der Waals surface area (Å²) in [6.45, 7) is 8.64. The van der Waals surface area contributed by atoms with Crippen LogP contribution in [-0.4, -0.2) is 19.9 Å². The minimum atomic E-state index is 0.439. The molecule has 1 aromatic carbocycles. The Hall–Kier alpha value is -1.31. The average Bonchev–Trinajstić information content (AvgIpc) is 2.17. The molecule has 0 aliphatic carbocycles. The molecule has 0 N–H and O–H groups in total. The molecule has 0 heterocycles. The van der Waals surface area contributed by atoms with E-state index in [9.17, 15) is 0 Å². The van der Waals surface area contributed by atoms with Crippen LogP contribution in [0.5, 0.6) is 0 Å². The molecule has 88 valence electrons. The third-order valence-electron chi connectivity index (χ3n) is 2.86. The van der Waals surface area contributed by atoms with Crippen molar-refractivity contribution in [1.82, 2.24) is 0 Å². The number of hydrogen-bond acceptors (Lipinski definition) is 1. The summed E-state index contributed by atoms with van der Waals surface area (Å²) in [5.74, 6) is 1.56. The summed E-state index contributed by atoms with van der Waals surface area (Å²) in [5.41, 5.74) is 3.87. The number of anilines is 1. The molecule has 0 saturated heterocycles. The van der Waals surface area contributed by atoms with Crippen molar-refractivity contribution >= 4 is 11.5 Å². The molecule has 0 saturated carbocycles. The largest absolute Gasteiger partial charge is 0.333 e. The highest BCUT2D eigenvalue weighted by Gasteiger charge is 2.15. The Labute approximate surface area is 99.0 Å². The molecule has 2 nitrogen and oxygen atoms in total. The van der Waals surface area contributed by atoms with Gasteiger partial charge in [0.25, 0.3) is 0 Å². The Morgan fingerprint density at radius 1 is 1.19 bits per heavy atom. The minimum absolute atomic E-state index is 0.439. The zero-order valence-electron chi connectivity index (χ0n) is 11.2. The molecule has 0 aliphatic heterocycles. The summed E-state index contributed by atoms with van der Waals surface area (Å²) in [4.78, 5) is 6.59. The van der Waals surface area contributed by atoms with Gasteiger partial charge < -0.3 is 4.90 Å². The Balaban J connectivity index is 3.19. The average molecular weight is 218 g/mol. The lowest BCUT2D eigenvalue weighted by Gasteiger charge is -2.27. The van der Waals surface area contributed by atoms with Crippen LogP contribution in [-0.2, 0) is 0 Å². The van der Waals surface area contributed by atoms with E-state index in [0.29, 0.717) is 5.92 Å². The summed E-state index contributed by atoms with van der Waals surface area (Å²) in [6, 6.07) is 6.39. The first-order valence-corrected chi connectivity index (χ1v) is 5.75. The highest BCUT2D eigenvalue weighted by Crippen LogP contribution is 2.24. The van der Waals surface area contributed by atoms with Gasteiger partial charge in [0, 0.05) is 25.7 Å². The maximum absolute atomic E-state index is 4.39. The van der Waals surface area contributed by atoms with E-state index in [1.54, 1.807) is 0 Å². The van der Waals surface area contributed by atoms with Gasteiger partial charge in [-0.1, -0.05) is 32.0 Å². The quantitative estimate of drug-likeness (QED) is 0.548. The van der Waals surface area contributed by atoms with Gasteiger partial charge in [0.15, 0.2) is 0 Å². The van der Waals surface area contributed by atoms with E-state index in [-0.39, 0.29) is 0 Å². The molecule has 16 heavy (non-hydrogen) atoms. The summed E-state index contributed by atoms with van der Waals surface area (Å²) < 4.78 is 0. The number of rotatable bonds is 2. The minimum Gasteiger partial charge on any atom is -0.333 e. The fourth-order valence-corrected chi connectivity index (χ4v) is 2.24. The van der Waals surface area contributed by atoms with Gasteiger partial charge in [0.2, 0.25) is 0 Å². The number of para-hydroxylation sites is 1. The van der Waals surface area contributed by atoms with Crippen molar-refractivity contribution in [1.29, 1.82) is 0 Å². The predicted octanol–water partition coefficient (Wildman–Crippen LogP) is 3.42. The van der Waals surface area contributed by atoms with Gasteiger partial charge in [-0.3, -0.25) is 4.99 Å². The highest BCUT2D eigenvalue weighted by atomic mass is 15.2. The van der Waals surface area contributed by atoms with Crippen molar-refractivity contribution in [2.24, 2.45) is 10.9 Å². The van der Waals surface area contributed by atoms with Gasteiger partial charge in [0.1, 0.15) is 5.84 Å². The molecule has 0 fully saturated rings. The molecule has 0 aromatic heterocycles. The van der Waals surface area contributed by atoms with E-state index in [4.69, 9.17) is 0 Å². The highest BCUT2D eigenvalue weighted by molar-refractivity contribution is 5.99. The predicted molar refractivity (Wildman–Crippen MR) is 72.5 cm³/mol. The van der Waals surface area contributed by atoms with Gasteiger partial charge in [-0.15, -0.1) is 0 Å². The van der Waals surface area contributed by atoms with Crippen molar-refractivity contribution in [3.63, 3.8) is 0 Å². The second-order valence-electron chi connectivity index (χ2n) is 4.54. The van der Waals surface area contributed by atoms with Gasteiger partial charge in [-0.25, -0.2) is 0 Å². The van der Waals surface area contributed by atoms with E-state index in [2.05, 4.69) is 62.8 Å². The SMILES string of the molecule is CN=C(C(C)C)N(C)c1c(C)cccc1C. The maximum atomic E-state index is 4.39. The van der Waals surface area contributed by atoms with Crippen LogP contribution < -0.4 is 4.90 Å². The molecule has 1 rings (SSSR count). The van der Waals surface area contributed by atoms with Crippen LogP contribution in [0.3, 0.4) is 0 Å². The third kappa shape index (κ3) is 2.43. The Morgan fingerprint density at radius 2 is 1.69 bits per heavy atom. The van der Waals surface area contributed by atoms with Crippen molar-refractivity contribution in [3.8, 4) is 0 Å². The van der Waals surface area contributed by atoms with Crippen LogP contribution in [0.25, 0.3) is 0 Å². The summed E-state index contributed by atoms with van der Waals surface area (Å²) in [5, 5.41) is 0. The lowest BCUT2D eigenvalue weighted by atomic mass is 10.1. The smallest absolute Gasteiger partial charge is 0.105 e. The number of nitrogens with zero attached hydrogens (tertiary/aromatic N) is 2. The maximum Gasteiger partial charge on any atom is 0.105 e. The van der Waals surface area contributed by atoms with Crippen molar-refractivity contribution in [2.45, 2.75) is 27.7 Å². The van der Waals surface area contributed by atoms with Crippen molar-refractivity contribution in [3.05, 3.63) is 29.3 Å². The summed E-state index contributed by atoms with van der Waals surface area (Å²) in [6.07, 6.45) is 0. The van der Waals surface area contributed by atoms with E-state index in [1.165, 1.54) is 16.8 Å². The summed E-state index contributed by atoms with van der Waals surface area (Å²) >= 11 is 0. The molecular weight excluding hydrogens is 196 g/mol. The van der Waals surface area contributed by atoms with E-state index in [1.807, 2.05) is 7.05 Å². The second kappa shape index (κ2) is 5.15. The first-order valence-electron chi connectivity index (χ1n) is 5.75. The van der Waals surface area contributed by atoms with Crippen LogP contribution in [0, 0.1) is 19.8 Å². The molecule has 0 atom stereocenters. The molecule has 0 radical (unpaired) electrons. The molecule has 0 unspecified atom stereocenters. The zero-order valence-corrected chi connectivity index (χ0v) is 11.2. The number of amidine groups is 1. The van der Waals surface area contributed by atoms with Gasteiger partial charge in [0.05, 0.1) is 0 Å². The normalized spacial score (nSPS) is 12.1. The van der Waals surface area contributed by atoms with Gasteiger partial charge in [-0.05, 0) is 25.0 Å². The Morgan fingerprint density at radius 3 is 2.06 bits per heavy atom. The fourth-order valence-electron chi connectivity index (χ4n) is 2.24. The number of aliphatic imine (C=N–C) groups is 1. The number of benzene rings is 1. The molecule has 0 amide bonds. The van der Waals surface area contributed by atoms with Gasteiger partial charge >= 0.3 is 0 Å². The fraction of sp³-hybridized carbons (Fsp3) is 0.500. The topological polar surface area (TPSA) is 15.6 Å². The molecule has 1 aromatic rings. The van der Waals surface area contributed by atoms with Crippen LogP contribution in [0.2, 0.25) is 0 Å². The van der Waals surface area contributed by atoms with Crippen LogP contribution >= 0.6 is 0 Å². The van der Waals surface area contributed by atoms with E-state index in [0.717, 1.165) is 5.84 Å². The molecule has 0 aliphatic rings. The van der Waals surface area contributed by atoms with Crippen LogP contribution in [0.4, 0.5) is 5.69 Å². The van der Waals surface area contributed by atoms with E-state index >= 15 is 0 Å². The zero-order chi connectivity index (χ0) is 12.3. The molecule has 0 bridgehead atoms. The number of aryl methyl sites for hydroxylation is 2. The monoisotopic (exact) mass is 218 g/mol. The number of hydrogen-bond donors (Lipinski definition) is 0. The Bertz CT molecular complexity index is 371. The van der Waals surface area contributed by atoms with E-state index < -0.39 is 0 Å². The lowest BCUT2D eigenvalue weighted by Crippen LogP contribution is -2.31. The first-order chi connectivity index (χ1) is 7.49. The van der Waals surface area contributed by atoms with Crippen molar-refractivity contribution in [2.75, 3.05) is 19.0 Å².